The van der Waals surface area contributed by atoms with E-state index in [4.69, 9.17) is 9.26 Å². The van der Waals surface area contributed by atoms with Crippen molar-refractivity contribution in [2.45, 2.75) is 25.9 Å². The van der Waals surface area contributed by atoms with E-state index in [0.717, 1.165) is 24.0 Å². The van der Waals surface area contributed by atoms with Crippen molar-refractivity contribution in [2.75, 3.05) is 13.1 Å². The van der Waals surface area contributed by atoms with E-state index in [1.165, 1.54) is 0 Å². The van der Waals surface area contributed by atoms with Gasteiger partial charge >= 0.3 is 6.01 Å². The number of piperidine rings is 1. The monoisotopic (exact) mass is 365 g/mol. The van der Waals surface area contributed by atoms with Crippen LogP contribution in [0.5, 0.6) is 6.01 Å². The first-order valence-electron chi connectivity index (χ1n) is 8.81. The largest absolute Gasteiger partial charge is 0.460 e. The van der Waals surface area contributed by atoms with Gasteiger partial charge in [0, 0.05) is 62.3 Å². The number of rotatable bonds is 4. The third kappa shape index (κ3) is 3.94. The SMILES string of the molecule is Cc1cc(C(=O)N2CCC(Oc3ncc(-c4ccncc4)cn3)CC2)no1. The summed E-state index contributed by atoms with van der Waals surface area (Å²) in [6.07, 6.45) is 8.37. The number of aromatic nitrogens is 4. The molecule has 1 saturated heterocycles. The lowest BCUT2D eigenvalue weighted by Gasteiger charge is -2.31. The van der Waals surface area contributed by atoms with Crippen LogP contribution in [0.1, 0.15) is 29.1 Å². The van der Waals surface area contributed by atoms with E-state index >= 15 is 0 Å². The van der Waals surface area contributed by atoms with Crippen molar-refractivity contribution in [2.24, 2.45) is 0 Å². The number of carbonyl (C=O) groups excluding carboxylic acids is 1. The van der Waals surface area contributed by atoms with Gasteiger partial charge in [-0.15, -0.1) is 0 Å². The van der Waals surface area contributed by atoms with E-state index in [9.17, 15) is 4.79 Å². The molecule has 0 aliphatic carbocycles. The number of hydrogen-bond donors (Lipinski definition) is 0. The minimum absolute atomic E-state index is 0.0140. The molecule has 138 valence electrons. The zero-order valence-corrected chi connectivity index (χ0v) is 14.9. The van der Waals surface area contributed by atoms with Crippen LogP contribution in [0.3, 0.4) is 0 Å². The topological polar surface area (TPSA) is 94.2 Å². The Labute approximate surface area is 156 Å². The zero-order chi connectivity index (χ0) is 18.6. The standard InChI is InChI=1S/C19H19N5O3/c1-13-10-17(23-27-13)18(25)24-8-4-16(5-9-24)26-19-21-11-15(12-22-19)14-2-6-20-7-3-14/h2-3,6-7,10-12,16H,4-5,8-9H2,1H3. The van der Waals surface area contributed by atoms with Crippen LogP contribution in [0.15, 0.2) is 47.5 Å². The maximum absolute atomic E-state index is 12.4. The Balaban J connectivity index is 1.32. The summed E-state index contributed by atoms with van der Waals surface area (Å²) >= 11 is 0. The maximum Gasteiger partial charge on any atom is 0.316 e. The molecule has 8 heteroatoms. The second kappa shape index (κ2) is 7.53. The number of amides is 1. The van der Waals surface area contributed by atoms with Gasteiger partial charge in [0.1, 0.15) is 11.9 Å². The van der Waals surface area contributed by atoms with E-state index < -0.39 is 0 Å². The van der Waals surface area contributed by atoms with Gasteiger partial charge in [0.25, 0.3) is 5.91 Å². The molecule has 1 aliphatic heterocycles. The molecule has 1 fully saturated rings. The fourth-order valence-corrected chi connectivity index (χ4v) is 3.03. The van der Waals surface area contributed by atoms with Gasteiger partial charge in [-0.05, 0) is 24.6 Å². The van der Waals surface area contributed by atoms with Crippen LogP contribution in [0.4, 0.5) is 0 Å². The van der Waals surface area contributed by atoms with Gasteiger partial charge < -0.3 is 14.2 Å². The third-order valence-corrected chi connectivity index (χ3v) is 4.49. The van der Waals surface area contributed by atoms with Gasteiger partial charge in [0.15, 0.2) is 5.69 Å². The molecule has 3 aromatic heterocycles. The quantitative estimate of drug-likeness (QED) is 0.701. The van der Waals surface area contributed by atoms with Crippen molar-refractivity contribution in [1.29, 1.82) is 0 Å². The smallest absolute Gasteiger partial charge is 0.316 e. The fraction of sp³-hybridized carbons (Fsp3) is 0.316. The molecule has 4 rings (SSSR count). The minimum atomic E-state index is -0.108. The summed E-state index contributed by atoms with van der Waals surface area (Å²) in [5.74, 6) is 0.521. The van der Waals surface area contributed by atoms with Crippen LogP contribution >= 0.6 is 0 Å². The van der Waals surface area contributed by atoms with Gasteiger partial charge in [-0.3, -0.25) is 9.78 Å². The second-order valence-electron chi connectivity index (χ2n) is 6.42. The Morgan fingerprint density at radius 3 is 2.48 bits per heavy atom. The lowest BCUT2D eigenvalue weighted by Crippen LogP contribution is -2.42. The summed E-state index contributed by atoms with van der Waals surface area (Å²) in [7, 11) is 0. The number of likely N-dealkylation sites (tertiary alicyclic amines) is 1. The first kappa shape index (κ1) is 17.1. The molecule has 0 N–H and O–H groups in total. The zero-order valence-electron chi connectivity index (χ0n) is 14.9. The first-order valence-corrected chi connectivity index (χ1v) is 8.81. The van der Waals surface area contributed by atoms with Crippen molar-refractivity contribution in [3.63, 3.8) is 0 Å². The van der Waals surface area contributed by atoms with Crippen molar-refractivity contribution >= 4 is 5.91 Å². The van der Waals surface area contributed by atoms with Crippen molar-refractivity contribution in [3.8, 4) is 17.1 Å². The number of hydrogen-bond acceptors (Lipinski definition) is 7. The molecule has 0 radical (unpaired) electrons. The third-order valence-electron chi connectivity index (χ3n) is 4.49. The average molecular weight is 365 g/mol. The molecule has 8 nitrogen and oxygen atoms in total. The lowest BCUT2D eigenvalue weighted by molar-refractivity contribution is 0.0569. The molecule has 1 aliphatic rings. The summed E-state index contributed by atoms with van der Waals surface area (Å²) < 4.78 is 10.9. The lowest BCUT2D eigenvalue weighted by atomic mass is 10.1. The van der Waals surface area contributed by atoms with E-state index in [-0.39, 0.29) is 12.0 Å². The molecule has 1 amide bonds. The molecular weight excluding hydrogens is 346 g/mol. The highest BCUT2D eigenvalue weighted by atomic mass is 16.5. The molecule has 0 bridgehead atoms. The molecule has 0 aromatic carbocycles. The normalized spacial score (nSPS) is 14.9. The van der Waals surface area contributed by atoms with Gasteiger partial charge in [0.2, 0.25) is 0 Å². The first-order chi connectivity index (χ1) is 13.2. The molecule has 27 heavy (non-hydrogen) atoms. The summed E-state index contributed by atoms with van der Waals surface area (Å²) in [4.78, 5) is 26.7. The maximum atomic E-state index is 12.4. The van der Waals surface area contributed by atoms with Gasteiger partial charge in [-0.25, -0.2) is 9.97 Å². The number of aryl methyl sites for hydroxylation is 1. The molecule has 0 unspecified atom stereocenters. The Morgan fingerprint density at radius 1 is 1.15 bits per heavy atom. The average Bonchev–Trinajstić information content (AvgIpc) is 3.16. The van der Waals surface area contributed by atoms with Crippen LogP contribution in [0.25, 0.3) is 11.1 Å². The van der Waals surface area contributed by atoms with Crippen molar-refractivity contribution < 1.29 is 14.1 Å². The van der Waals surface area contributed by atoms with Crippen molar-refractivity contribution in [3.05, 3.63) is 54.4 Å². The van der Waals surface area contributed by atoms with Gasteiger partial charge in [0.05, 0.1) is 0 Å². The number of nitrogens with zero attached hydrogens (tertiary/aromatic N) is 5. The van der Waals surface area contributed by atoms with Crippen LogP contribution in [0, 0.1) is 6.92 Å². The predicted octanol–water partition coefficient (Wildman–Crippen LogP) is 2.52. The second-order valence-corrected chi connectivity index (χ2v) is 6.42. The van der Waals surface area contributed by atoms with Crippen LogP contribution in [0.2, 0.25) is 0 Å². The van der Waals surface area contributed by atoms with E-state index in [1.54, 1.807) is 42.7 Å². The minimum Gasteiger partial charge on any atom is -0.460 e. The molecule has 3 aromatic rings. The highest BCUT2D eigenvalue weighted by molar-refractivity contribution is 5.92. The number of pyridine rings is 1. The van der Waals surface area contributed by atoms with Crippen LogP contribution < -0.4 is 4.74 Å². The Morgan fingerprint density at radius 2 is 1.85 bits per heavy atom. The Hall–Kier alpha value is -3.29. The molecule has 4 heterocycles. The van der Waals surface area contributed by atoms with E-state index in [0.29, 0.717) is 30.6 Å². The Kier molecular flexibility index (Phi) is 4.78. The molecule has 0 atom stereocenters. The summed E-state index contributed by atoms with van der Waals surface area (Å²) in [5.41, 5.74) is 2.27. The highest BCUT2D eigenvalue weighted by Crippen LogP contribution is 2.20. The van der Waals surface area contributed by atoms with Crippen LogP contribution in [-0.4, -0.2) is 50.1 Å². The molecular formula is C19H19N5O3. The van der Waals surface area contributed by atoms with Gasteiger partial charge in [-0.2, -0.15) is 0 Å². The predicted molar refractivity (Wildman–Crippen MR) is 96.1 cm³/mol. The molecule has 0 spiro atoms. The van der Waals surface area contributed by atoms with E-state index in [1.807, 2.05) is 12.1 Å². The highest BCUT2D eigenvalue weighted by Gasteiger charge is 2.26. The Bertz CT molecular complexity index is 903. The number of carbonyl (C=O) groups is 1. The summed E-state index contributed by atoms with van der Waals surface area (Å²) in [6, 6.07) is 5.82. The molecule has 0 saturated carbocycles. The number of ether oxygens (including phenoxy) is 1. The van der Waals surface area contributed by atoms with Gasteiger partial charge in [-0.1, -0.05) is 5.16 Å². The summed E-state index contributed by atoms with van der Waals surface area (Å²) in [6.45, 7) is 2.97. The van der Waals surface area contributed by atoms with Crippen LogP contribution in [-0.2, 0) is 0 Å². The van der Waals surface area contributed by atoms with Crippen molar-refractivity contribution in [1.82, 2.24) is 25.0 Å². The van der Waals surface area contributed by atoms with E-state index in [2.05, 4.69) is 20.1 Å². The fourth-order valence-electron chi connectivity index (χ4n) is 3.03. The summed E-state index contributed by atoms with van der Waals surface area (Å²) in [5, 5.41) is 3.79.